The molecular formula is C22H30FN3O4. The summed E-state index contributed by atoms with van der Waals surface area (Å²) in [7, 11) is 0. The van der Waals surface area contributed by atoms with E-state index in [2.05, 4.69) is 15.0 Å². The Balaban J connectivity index is 0.000000396. The van der Waals surface area contributed by atoms with Crippen molar-refractivity contribution in [1.29, 1.82) is 0 Å². The summed E-state index contributed by atoms with van der Waals surface area (Å²) < 4.78 is 19.6. The van der Waals surface area contributed by atoms with Gasteiger partial charge in [-0.2, -0.15) is 0 Å². The topological polar surface area (TPSA) is 83.8 Å². The predicted molar refractivity (Wildman–Crippen MR) is 113 cm³/mol. The van der Waals surface area contributed by atoms with Crippen molar-refractivity contribution in [3.05, 3.63) is 63.8 Å². The third kappa shape index (κ3) is 7.27. The molecule has 1 saturated heterocycles. The number of carbonyl (C=O) groups is 1. The average Bonchev–Trinajstić information content (AvgIpc) is 2.70. The maximum absolute atomic E-state index is 13.7. The van der Waals surface area contributed by atoms with Gasteiger partial charge in [0.25, 0.3) is 12.0 Å². The highest BCUT2D eigenvalue weighted by atomic mass is 19.1. The first kappa shape index (κ1) is 23.6. The summed E-state index contributed by atoms with van der Waals surface area (Å²) in [5.41, 5.74) is 0.230. The molecule has 1 aromatic heterocycles. The van der Waals surface area contributed by atoms with Crippen LogP contribution < -0.4 is 10.9 Å². The lowest BCUT2D eigenvalue weighted by atomic mass is 10.2. The summed E-state index contributed by atoms with van der Waals surface area (Å²) in [6, 6.07) is 8.06. The Labute approximate surface area is 176 Å². The molecule has 164 valence electrons. The third-order valence-electron chi connectivity index (χ3n) is 4.53. The van der Waals surface area contributed by atoms with Gasteiger partial charge in [0.2, 0.25) is 0 Å². The van der Waals surface area contributed by atoms with Crippen LogP contribution >= 0.6 is 0 Å². The molecule has 0 bridgehead atoms. The van der Waals surface area contributed by atoms with Gasteiger partial charge < -0.3 is 19.7 Å². The second-order valence-corrected chi connectivity index (χ2v) is 8.07. The Hall–Kier alpha value is -2.71. The molecule has 0 amide bonds. The molecule has 2 aromatic rings. The number of piperazine rings is 1. The summed E-state index contributed by atoms with van der Waals surface area (Å²) >= 11 is 0. The Morgan fingerprint density at radius 3 is 2.37 bits per heavy atom. The molecule has 0 atom stereocenters. The number of halogens is 1. The monoisotopic (exact) mass is 419 g/mol. The maximum atomic E-state index is 13.7. The van der Waals surface area contributed by atoms with Gasteiger partial charge in [0.15, 0.2) is 5.75 Å². The molecule has 1 aliphatic heterocycles. The van der Waals surface area contributed by atoms with Crippen molar-refractivity contribution in [2.24, 2.45) is 0 Å². The van der Waals surface area contributed by atoms with Crippen LogP contribution in [0.4, 0.5) is 4.39 Å². The zero-order chi connectivity index (χ0) is 22.1. The molecule has 0 spiro atoms. The SMILES string of the molecule is CC(C)(C)OC=O.O=c1c(O)c(CN2CCNCC2)ccn1Cc1ccccc1F. The second-order valence-electron chi connectivity index (χ2n) is 8.07. The summed E-state index contributed by atoms with van der Waals surface area (Å²) in [4.78, 5) is 24.1. The molecule has 0 saturated carbocycles. The largest absolute Gasteiger partial charge is 0.503 e. The number of rotatable bonds is 5. The van der Waals surface area contributed by atoms with Crippen molar-refractivity contribution >= 4 is 6.47 Å². The summed E-state index contributed by atoms with van der Waals surface area (Å²) in [5, 5.41) is 13.4. The standard InChI is InChI=1S/C17H20FN3O2.C5H10O2/c18-15-4-2-1-3-13(15)12-21-8-5-14(16(22)17(21)23)11-20-9-6-19-7-10-20;1-5(2,3)7-4-6/h1-5,8,19,22H,6-7,9-12H2;4H,1-3H3. The van der Waals surface area contributed by atoms with Crippen LogP contribution in [0.15, 0.2) is 41.3 Å². The fourth-order valence-electron chi connectivity index (χ4n) is 2.92. The molecule has 7 nitrogen and oxygen atoms in total. The lowest BCUT2D eigenvalue weighted by Gasteiger charge is -2.27. The number of hydrogen-bond acceptors (Lipinski definition) is 6. The first-order valence-electron chi connectivity index (χ1n) is 9.90. The minimum atomic E-state index is -0.485. The maximum Gasteiger partial charge on any atom is 0.293 e. The molecule has 0 radical (unpaired) electrons. The van der Waals surface area contributed by atoms with Gasteiger partial charge in [-0.1, -0.05) is 18.2 Å². The van der Waals surface area contributed by atoms with Gasteiger partial charge in [-0.15, -0.1) is 0 Å². The molecule has 30 heavy (non-hydrogen) atoms. The number of ether oxygens (including phenoxy) is 1. The number of aromatic hydroxyl groups is 1. The molecule has 0 unspecified atom stereocenters. The Morgan fingerprint density at radius 1 is 1.13 bits per heavy atom. The van der Waals surface area contributed by atoms with Crippen molar-refractivity contribution in [2.45, 2.75) is 39.5 Å². The first-order chi connectivity index (χ1) is 14.2. The van der Waals surface area contributed by atoms with E-state index in [1.54, 1.807) is 30.5 Å². The molecule has 1 aromatic carbocycles. The quantitative estimate of drug-likeness (QED) is 0.723. The van der Waals surface area contributed by atoms with E-state index < -0.39 is 5.56 Å². The van der Waals surface area contributed by atoms with E-state index in [9.17, 15) is 19.1 Å². The van der Waals surface area contributed by atoms with E-state index in [0.717, 1.165) is 26.2 Å². The fraction of sp³-hybridized carbons (Fsp3) is 0.455. The summed E-state index contributed by atoms with van der Waals surface area (Å²) in [6.07, 6.45) is 1.62. The van der Waals surface area contributed by atoms with Crippen LogP contribution in [0.25, 0.3) is 0 Å². The number of carbonyl (C=O) groups excluding carboxylic acids is 1. The van der Waals surface area contributed by atoms with Crippen LogP contribution in [-0.4, -0.2) is 52.8 Å². The van der Waals surface area contributed by atoms with Crippen molar-refractivity contribution in [2.75, 3.05) is 26.2 Å². The predicted octanol–water partition coefficient (Wildman–Crippen LogP) is 2.10. The zero-order valence-electron chi connectivity index (χ0n) is 17.7. The molecular weight excluding hydrogens is 389 g/mol. The second kappa shape index (κ2) is 10.9. The van der Waals surface area contributed by atoms with Crippen LogP contribution in [-0.2, 0) is 22.6 Å². The van der Waals surface area contributed by atoms with Crippen LogP contribution in [0.2, 0.25) is 0 Å². The summed E-state index contributed by atoms with van der Waals surface area (Å²) in [6.45, 7) is 10.2. The van der Waals surface area contributed by atoms with Gasteiger partial charge in [0.1, 0.15) is 11.4 Å². The van der Waals surface area contributed by atoms with Gasteiger partial charge in [-0.3, -0.25) is 14.5 Å². The van der Waals surface area contributed by atoms with Gasteiger partial charge >= 0.3 is 0 Å². The van der Waals surface area contributed by atoms with E-state index in [1.807, 2.05) is 20.8 Å². The summed E-state index contributed by atoms with van der Waals surface area (Å²) in [5.74, 6) is -0.605. The smallest absolute Gasteiger partial charge is 0.293 e. The molecule has 1 fully saturated rings. The molecule has 2 N–H and O–H groups in total. The number of benzene rings is 1. The number of nitrogens with zero attached hydrogens (tertiary/aromatic N) is 2. The molecule has 3 rings (SSSR count). The Bertz CT molecular complexity index is 887. The van der Waals surface area contributed by atoms with Gasteiger partial charge in [0.05, 0.1) is 6.54 Å². The van der Waals surface area contributed by atoms with Crippen molar-refractivity contribution in [1.82, 2.24) is 14.8 Å². The number of aromatic nitrogens is 1. The van der Waals surface area contributed by atoms with E-state index >= 15 is 0 Å². The van der Waals surface area contributed by atoms with Crippen LogP contribution in [0.1, 0.15) is 31.9 Å². The number of pyridine rings is 1. The zero-order valence-corrected chi connectivity index (χ0v) is 17.7. The van der Waals surface area contributed by atoms with Crippen LogP contribution in [0, 0.1) is 5.82 Å². The molecule has 0 aliphatic carbocycles. The lowest BCUT2D eigenvalue weighted by Crippen LogP contribution is -2.43. The van der Waals surface area contributed by atoms with Gasteiger partial charge in [-0.25, -0.2) is 4.39 Å². The number of nitrogens with one attached hydrogen (secondary N) is 1. The molecule has 1 aliphatic rings. The first-order valence-corrected chi connectivity index (χ1v) is 9.90. The third-order valence-corrected chi connectivity index (χ3v) is 4.53. The highest BCUT2D eigenvalue weighted by Crippen LogP contribution is 2.15. The van der Waals surface area contributed by atoms with Gasteiger partial charge in [-0.05, 0) is 32.9 Å². The van der Waals surface area contributed by atoms with Crippen LogP contribution in [0.5, 0.6) is 5.75 Å². The lowest BCUT2D eigenvalue weighted by molar-refractivity contribution is -0.138. The molecule has 8 heteroatoms. The normalized spacial score (nSPS) is 14.5. The van der Waals surface area contributed by atoms with Gasteiger partial charge in [0, 0.05) is 50.0 Å². The van der Waals surface area contributed by atoms with E-state index in [4.69, 9.17) is 0 Å². The average molecular weight is 419 g/mol. The number of hydrogen-bond donors (Lipinski definition) is 2. The Morgan fingerprint density at radius 2 is 1.80 bits per heavy atom. The van der Waals surface area contributed by atoms with E-state index in [1.165, 1.54) is 10.6 Å². The minimum absolute atomic E-state index is 0.104. The fourth-order valence-corrected chi connectivity index (χ4v) is 2.92. The van der Waals surface area contributed by atoms with E-state index in [-0.39, 0.29) is 23.7 Å². The highest BCUT2D eigenvalue weighted by molar-refractivity contribution is 5.37. The van der Waals surface area contributed by atoms with Crippen molar-refractivity contribution < 1.29 is 19.0 Å². The van der Waals surface area contributed by atoms with E-state index in [0.29, 0.717) is 24.1 Å². The van der Waals surface area contributed by atoms with Crippen molar-refractivity contribution in [3.63, 3.8) is 0 Å². The van der Waals surface area contributed by atoms with Crippen molar-refractivity contribution in [3.8, 4) is 5.75 Å². The highest BCUT2D eigenvalue weighted by Gasteiger charge is 2.15. The molecule has 2 heterocycles. The minimum Gasteiger partial charge on any atom is -0.503 e. The van der Waals surface area contributed by atoms with Crippen LogP contribution in [0.3, 0.4) is 0 Å². The Kier molecular flexibility index (Phi) is 8.56.